The second-order valence-electron chi connectivity index (χ2n) is 48.9. The van der Waals surface area contributed by atoms with E-state index in [1.54, 1.807) is 10.9 Å². The molecule has 0 radical (unpaired) electrons. The molecule has 2 aliphatic heterocycles. The Morgan fingerprint density at radius 3 is 1.01 bits per heavy atom. The van der Waals surface area contributed by atoms with Crippen LogP contribution >= 0.6 is 0 Å². The lowest BCUT2D eigenvalue weighted by Gasteiger charge is -2.63. The van der Waals surface area contributed by atoms with Crippen molar-refractivity contribution >= 4 is 23.1 Å². The van der Waals surface area contributed by atoms with Crippen LogP contribution in [0.5, 0.6) is 0 Å². The second-order valence-corrected chi connectivity index (χ2v) is 48.9. The van der Waals surface area contributed by atoms with Gasteiger partial charge in [-0.25, -0.2) is 0 Å². The molecular weight excluding hydrogens is 1550 g/mol. The number of fused-ring (bicyclic) bond motifs is 20. The molecule has 20 rings (SSSR count). The van der Waals surface area contributed by atoms with Crippen LogP contribution in [0.4, 0.5) is 0 Å². The molecule has 32 atom stereocenters. The molecule has 0 bridgehead atoms. The number of carbonyl (C=O) groups is 4. The molecule has 0 aromatic carbocycles. The van der Waals surface area contributed by atoms with Crippen LogP contribution in [-0.2, 0) is 37.0 Å². The van der Waals surface area contributed by atoms with Crippen molar-refractivity contribution in [2.75, 3.05) is 99.0 Å². The monoisotopic (exact) mass is 1720 g/mol. The van der Waals surface area contributed by atoms with Crippen molar-refractivity contribution in [2.45, 2.75) is 328 Å². The zero-order chi connectivity index (χ0) is 87.6. The van der Waals surface area contributed by atoms with Crippen LogP contribution in [0.3, 0.4) is 0 Å². The van der Waals surface area contributed by atoms with Gasteiger partial charge >= 0.3 is 0 Å². The largest absolute Gasteiger partial charge is 0.396 e. The number of Topliss-reactive ketones (excluding diaryl/α,β-unsaturated/α-hetero) is 4. The topological polar surface area (TPSA) is 272 Å². The van der Waals surface area contributed by atoms with Gasteiger partial charge < -0.3 is 55.1 Å². The Morgan fingerprint density at radius 2 is 0.669 bits per heavy atom. The van der Waals surface area contributed by atoms with E-state index in [9.17, 15) is 60.0 Å². The van der Waals surface area contributed by atoms with Gasteiger partial charge in [0.2, 0.25) is 0 Å². The molecule has 2 saturated heterocycles. The first-order valence-corrected chi connectivity index (χ1v) is 51.3. The van der Waals surface area contributed by atoms with Gasteiger partial charge in [-0.2, -0.15) is 5.10 Å². The van der Waals surface area contributed by atoms with Crippen molar-refractivity contribution in [3.63, 3.8) is 0 Å². The van der Waals surface area contributed by atoms with E-state index in [0.29, 0.717) is 144 Å². The quantitative estimate of drug-likeness (QED) is 0.0731. The fourth-order valence-corrected chi connectivity index (χ4v) is 36.5. The predicted octanol–water partition coefficient (Wildman–Crippen LogP) is 15.1. The molecule has 4 heterocycles. The smallest absolute Gasteiger partial charge is 0.157 e. The average Bonchev–Trinajstić information content (AvgIpc) is 1.43. The lowest BCUT2D eigenvalue weighted by atomic mass is 9.42. The molecular formula is C105H168N6O13. The second kappa shape index (κ2) is 35.6. The van der Waals surface area contributed by atoms with Crippen molar-refractivity contribution in [3.8, 4) is 0 Å². The summed E-state index contributed by atoms with van der Waals surface area (Å²) < 4.78 is 9.25. The lowest BCUT2D eigenvalue weighted by Crippen LogP contribution is -2.58. The molecule has 19 nitrogen and oxygen atoms in total. The Bertz CT molecular complexity index is 3870. The van der Waals surface area contributed by atoms with E-state index in [4.69, 9.17) is 4.74 Å². The standard InChI is InChI=1S/C28H48N2O3.C26H43NO4.C26H39NO3.C25H38N2O3/c1-26(33)10-11-28(12-17-31)20(18-26)4-5-21-22-6-7-24(27(22,2)9-8-23(21)28)25(32)19-30-15-13-29(3)14-16-30;1-24(30)9-10-26(17-28)18(15-24)3-4-19-20-5-6-22(25(20,2)8-7-21(19)26)23(29)16-27-11-13-31-14-12-27;1-24(30)11-12-26(17-28)18(15-24)5-6-19-20-7-8-22(25(20,2)10-9-21(19)26)23(29)16-27-13-3-4-14-27;1-23(30)10-11-25(16-28)17(14-23)4-5-18-19-6-7-21(24(19,2)9-8-20(18)25)22(29)15-27-13-3-12-26-27/h20-24,31,33H,4-19H2,1-3H3;18-22,28,30H,3-17H2,1-2H3;3-4,13-14,18-22,28,30H,5-12,15-17H2,1-2H3;3,12-13,17-21,28,30H,4-11,14-16H2,1-2H3/t20-,21-,22-,23-,24+,26+,27-,28+;2*18-,19-,20-,21-,22+,24+,25-,26+;17-,18-,19-,20-,21+,23+,24-,25+/m0000/s1. The van der Waals surface area contributed by atoms with E-state index in [0.717, 1.165) is 226 Å². The first kappa shape index (κ1) is 92.5. The molecule has 696 valence electrons. The number of aromatic nitrogens is 3. The minimum Gasteiger partial charge on any atom is -0.396 e. The average molecular weight is 1720 g/mol. The summed E-state index contributed by atoms with van der Waals surface area (Å²) in [4.78, 5) is 60.5. The summed E-state index contributed by atoms with van der Waals surface area (Å²) in [6.07, 6.45) is 46.8. The van der Waals surface area contributed by atoms with Gasteiger partial charge in [-0.1, -0.05) is 27.7 Å². The van der Waals surface area contributed by atoms with Crippen LogP contribution in [0.2, 0.25) is 0 Å². The molecule has 2 aromatic rings. The van der Waals surface area contributed by atoms with Crippen molar-refractivity contribution in [2.24, 2.45) is 162 Å². The number of aliphatic hydroxyl groups excluding tert-OH is 4. The number of ketones is 4. The zero-order valence-corrected chi connectivity index (χ0v) is 78.4. The van der Waals surface area contributed by atoms with E-state index < -0.39 is 22.4 Å². The number of aliphatic hydroxyl groups is 8. The number of rotatable bonds is 17. The van der Waals surface area contributed by atoms with Gasteiger partial charge in [0, 0.05) is 114 Å². The maximum absolute atomic E-state index is 13.6. The molecule has 0 unspecified atom stereocenters. The van der Waals surface area contributed by atoms with Crippen molar-refractivity contribution in [1.82, 2.24) is 29.0 Å². The summed E-state index contributed by atoms with van der Waals surface area (Å²) in [5.41, 5.74) is -1.53. The number of morpholine rings is 1. The van der Waals surface area contributed by atoms with Gasteiger partial charge in [0.15, 0.2) is 11.6 Å². The van der Waals surface area contributed by atoms with Crippen LogP contribution in [0.25, 0.3) is 0 Å². The van der Waals surface area contributed by atoms with Gasteiger partial charge in [-0.15, -0.1) is 0 Å². The highest BCUT2D eigenvalue weighted by atomic mass is 16.5. The van der Waals surface area contributed by atoms with E-state index in [1.165, 1.54) is 64.2 Å². The van der Waals surface area contributed by atoms with Crippen LogP contribution in [0.15, 0.2) is 43.0 Å². The van der Waals surface area contributed by atoms with Crippen molar-refractivity contribution in [3.05, 3.63) is 43.0 Å². The summed E-state index contributed by atoms with van der Waals surface area (Å²) in [5, 5.41) is 89.2. The van der Waals surface area contributed by atoms with Crippen molar-refractivity contribution < 1.29 is 64.8 Å². The summed E-state index contributed by atoms with van der Waals surface area (Å²) >= 11 is 0. The Hall–Kier alpha value is -3.31. The van der Waals surface area contributed by atoms with E-state index in [-0.39, 0.29) is 93.4 Å². The van der Waals surface area contributed by atoms with Crippen molar-refractivity contribution in [1.29, 1.82) is 0 Å². The number of hydrogen-bond acceptors (Lipinski definition) is 17. The number of piperazine rings is 1. The van der Waals surface area contributed by atoms with Gasteiger partial charge in [0.25, 0.3) is 0 Å². The molecule has 0 spiro atoms. The highest BCUT2D eigenvalue weighted by Crippen LogP contribution is 2.74. The molecule has 16 saturated carbocycles. The maximum atomic E-state index is 13.6. The predicted molar refractivity (Wildman–Crippen MR) is 482 cm³/mol. The maximum Gasteiger partial charge on any atom is 0.157 e. The van der Waals surface area contributed by atoms with Gasteiger partial charge in [-0.3, -0.25) is 33.7 Å². The minimum atomic E-state index is -0.573. The van der Waals surface area contributed by atoms with Crippen LogP contribution in [0, 0.1) is 162 Å². The molecule has 18 fully saturated rings. The third kappa shape index (κ3) is 16.7. The highest BCUT2D eigenvalue weighted by molar-refractivity contribution is 5.85. The summed E-state index contributed by atoms with van der Waals surface area (Å²) in [6, 6.07) is 5.86. The molecule has 0 amide bonds. The molecule has 124 heavy (non-hydrogen) atoms. The Morgan fingerprint density at radius 1 is 0.347 bits per heavy atom. The minimum absolute atomic E-state index is 0.000275. The fraction of sp³-hybridized carbons (Fsp3) is 0.895. The molecule has 19 heteroatoms. The molecule has 2 aromatic heterocycles. The van der Waals surface area contributed by atoms with Crippen LogP contribution in [0.1, 0.15) is 293 Å². The molecule has 8 N–H and O–H groups in total. The Balaban J connectivity index is 0.000000117. The first-order chi connectivity index (χ1) is 59.1. The van der Waals surface area contributed by atoms with E-state index >= 15 is 0 Å². The number of carbonyl (C=O) groups excluding carboxylic acids is 4. The van der Waals surface area contributed by atoms with Crippen LogP contribution in [-0.4, -0.2) is 214 Å². The number of nitrogens with zero attached hydrogens (tertiary/aromatic N) is 6. The molecule has 16 aliphatic carbocycles. The number of ether oxygens (including phenoxy) is 1. The lowest BCUT2D eigenvalue weighted by molar-refractivity contribution is -0.171. The Labute approximate surface area is 745 Å². The molecule has 18 aliphatic rings. The zero-order valence-electron chi connectivity index (χ0n) is 78.4. The van der Waals surface area contributed by atoms with Gasteiger partial charge in [-0.05, 0) is 429 Å². The third-order valence-electron chi connectivity index (χ3n) is 43.0. The summed E-state index contributed by atoms with van der Waals surface area (Å²) in [5.74, 6) is 11.8. The van der Waals surface area contributed by atoms with Gasteiger partial charge in [0.1, 0.15) is 11.6 Å². The van der Waals surface area contributed by atoms with E-state index in [1.807, 2.05) is 69.1 Å². The van der Waals surface area contributed by atoms with E-state index in [2.05, 4.69) is 54.5 Å². The number of likely N-dealkylation sites (N-methyl/N-ethyl adjacent to an activating group) is 1. The fourth-order valence-electron chi connectivity index (χ4n) is 36.5. The Kier molecular flexibility index (Phi) is 26.6. The number of hydrogen-bond donors (Lipinski definition) is 8. The van der Waals surface area contributed by atoms with Gasteiger partial charge in [0.05, 0.1) is 61.8 Å². The SMILES string of the molecule is CN1CCN(CC(=O)[C@H]2CC[C@H]3[C@@H]4CC[C@H]5C[C@](C)(O)CC[C@]5(CCO)[C@H]4CC[C@]23C)CC1.C[C@@]1(O)CC[C@@]2(CO)[C@@H](CC[C@H]3[C@@H]4CC[C@H](C(=O)CN5CCOCC5)[C@@]4(C)CC[C@@H]32)C1.C[C@@]1(O)CC[C@@]2(CO)[C@@H](CC[C@H]3[C@@H]4CC[C@H](C(=O)Cn5cccc5)[C@@]4(C)CC[C@@H]32)C1.C[C@@]1(O)CC[C@@]2(CO)[C@@H](CC[C@H]3[C@@H]4CC[C@H](C(=O)Cn5cccn5)[C@@]4(C)CC[C@@H]32)C1. The van der Waals surface area contributed by atoms with Crippen LogP contribution < -0.4 is 0 Å². The normalized spacial score (nSPS) is 48.8. The first-order valence-electron chi connectivity index (χ1n) is 51.3. The summed E-state index contributed by atoms with van der Waals surface area (Å²) in [7, 11) is 2.17. The highest BCUT2D eigenvalue weighted by Gasteiger charge is 2.69. The summed E-state index contributed by atoms with van der Waals surface area (Å²) in [6.45, 7) is 28.3. The third-order valence-corrected chi connectivity index (χ3v) is 43.0.